The number of nitrogens with zero attached hydrogens (tertiary/aromatic N) is 2. The Morgan fingerprint density at radius 3 is 2.69 bits per heavy atom. The summed E-state index contributed by atoms with van der Waals surface area (Å²) < 4.78 is 37.0. The standard InChI is InChI=1S/C8H4F3N3O2/c9-8(10,11)4-1-2-6-5(3-4)7(15)13-14(16)12-6/h1-3H,(H,12,13,15). The largest absolute Gasteiger partial charge is 0.571 e. The van der Waals surface area contributed by atoms with Crippen molar-refractivity contribution in [2.24, 2.45) is 0 Å². The normalized spacial score (nSPS) is 11.9. The van der Waals surface area contributed by atoms with Crippen LogP contribution in [0.15, 0.2) is 23.0 Å². The molecule has 0 aliphatic carbocycles. The summed E-state index contributed by atoms with van der Waals surface area (Å²) >= 11 is 0. The number of fused-ring (bicyclic) bond motifs is 1. The smallest absolute Gasteiger partial charge is 0.416 e. The Morgan fingerprint density at radius 2 is 2.06 bits per heavy atom. The molecule has 2 aromatic rings. The molecule has 0 amide bonds. The van der Waals surface area contributed by atoms with E-state index in [4.69, 9.17) is 0 Å². The summed E-state index contributed by atoms with van der Waals surface area (Å²) in [7, 11) is 0. The van der Waals surface area contributed by atoms with Crippen LogP contribution >= 0.6 is 0 Å². The third-order valence-electron chi connectivity index (χ3n) is 1.96. The number of aromatic amines is 1. The van der Waals surface area contributed by atoms with Crippen LogP contribution in [0, 0.1) is 5.21 Å². The highest BCUT2D eigenvalue weighted by molar-refractivity contribution is 5.77. The fourth-order valence-corrected chi connectivity index (χ4v) is 1.25. The van der Waals surface area contributed by atoms with Gasteiger partial charge in [-0.05, 0) is 18.2 Å². The third kappa shape index (κ3) is 1.69. The Morgan fingerprint density at radius 1 is 1.38 bits per heavy atom. The highest BCUT2D eigenvalue weighted by atomic mass is 19.4. The molecule has 8 heteroatoms. The van der Waals surface area contributed by atoms with Gasteiger partial charge in [0, 0.05) is 10.1 Å². The molecule has 0 spiro atoms. The van der Waals surface area contributed by atoms with Gasteiger partial charge in [0.2, 0.25) is 0 Å². The quantitative estimate of drug-likeness (QED) is 0.532. The summed E-state index contributed by atoms with van der Waals surface area (Å²) in [4.78, 5) is 11.1. The fourth-order valence-electron chi connectivity index (χ4n) is 1.25. The molecule has 0 aliphatic rings. The lowest BCUT2D eigenvalue weighted by Gasteiger charge is -2.05. The van der Waals surface area contributed by atoms with Crippen LogP contribution < -0.4 is 10.5 Å². The minimum atomic E-state index is -4.54. The lowest BCUT2D eigenvalue weighted by molar-refractivity contribution is -0.727. The SMILES string of the molecule is O=c1[nH][n+]([O-])nc2ccc(C(F)(F)F)cc12. The molecule has 1 N–H and O–H groups in total. The van der Waals surface area contributed by atoms with E-state index in [1.165, 1.54) is 0 Å². The van der Waals surface area contributed by atoms with Crippen molar-refractivity contribution in [3.8, 4) is 0 Å². The number of nitrogens with one attached hydrogen (secondary N) is 1. The van der Waals surface area contributed by atoms with Crippen LogP contribution in [-0.4, -0.2) is 10.2 Å². The molecule has 0 saturated carbocycles. The molecule has 0 atom stereocenters. The number of rotatable bonds is 0. The van der Waals surface area contributed by atoms with Crippen LogP contribution in [0.3, 0.4) is 0 Å². The summed E-state index contributed by atoms with van der Waals surface area (Å²) in [5.41, 5.74) is -1.96. The van der Waals surface area contributed by atoms with Gasteiger partial charge in [0.25, 0.3) is 0 Å². The van der Waals surface area contributed by atoms with Gasteiger partial charge in [-0.3, -0.25) is 4.79 Å². The van der Waals surface area contributed by atoms with Gasteiger partial charge in [-0.15, -0.1) is 0 Å². The highest BCUT2D eigenvalue weighted by Crippen LogP contribution is 2.29. The molecule has 0 unspecified atom stereocenters. The Bertz CT molecular complexity index is 605. The number of benzene rings is 1. The molecule has 5 nitrogen and oxygen atoms in total. The van der Waals surface area contributed by atoms with Crippen molar-refractivity contribution >= 4 is 10.9 Å². The van der Waals surface area contributed by atoms with Gasteiger partial charge >= 0.3 is 11.7 Å². The highest BCUT2D eigenvalue weighted by Gasteiger charge is 2.31. The number of aromatic nitrogens is 3. The molecule has 84 valence electrons. The maximum atomic E-state index is 12.3. The van der Waals surface area contributed by atoms with Crippen LogP contribution in [0.4, 0.5) is 13.2 Å². The van der Waals surface area contributed by atoms with Crippen molar-refractivity contribution in [1.29, 1.82) is 0 Å². The number of H-pyrrole nitrogens is 1. The molecule has 2 rings (SSSR count). The number of halogens is 3. The van der Waals surface area contributed by atoms with Crippen molar-refractivity contribution in [2.45, 2.75) is 6.18 Å². The van der Waals surface area contributed by atoms with Crippen molar-refractivity contribution in [3.05, 3.63) is 39.3 Å². The summed E-state index contributed by atoms with van der Waals surface area (Å²) in [5, 5.41) is 15.5. The Hall–Kier alpha value is -2.12. The number of alkyl halides is 3. The Kier molecular flexibility index (Phi) is 2.07. The minimum absolute atomic E-state index is 0.0910. The maximum absolute atomic E-state index is 12.3. The molecule has 1 aromatic heterocycles. The monoisotopic (exact) mass is 231 g/mol. The van der Waals surface area contributed by atoms with E-state index in [0.29, 0.717) is 6.07 Å². The van der Waals surface area contributed by atoms with Crippen molar-refractivity contribution < 1.29 is 18.1 Å². The van der Waals surface area contributed by atoms with E-state index in [9.17, 15) is 23.2 Å². The van der Waals surface area contributed by atoms with Gasteiger partial charge in [-0.2, -0.15) is 13.2 Å². The number of hydrogen-bond donors (Lipinski definition) is 1. The van der Waals surface area contributed by atoms with Crippen LogP contribution in [0.25, 0.3) is 10.9 Å². The predicted octanol–water partition coefficient (Wildman–Crippen LogP) is 0.575. The fraction of sp³-hybridized carbons (Fsp3) is 0.125. The van der Waals surface area contributed by atoms with Gasteiger partial charge in [-0.1, -0.05) is 5.10 Å². The van der Waals surface area contributed by atoms with Crippen LogP contribution in [0.2, 0.25) is 0 Å². The van der Waals surface area contributed by atoms with E-state index in [1.54, 1.807) is 5.10 Å². The third-order valence-corrected chi connectivity index (χ3v) is 1.96. The predicted molar refractivity (Wildman–Crippen MR) is 46.3 cm³/mol. The zero-order valence-electron chi connectivity index (χ0n) is 7.58. The zero-order valence-corrected chi connectivity index (χ0v) is 7.58. The van der Waals surface area contributed by atoms with Gasteiger partial charge in [0.15, 0.2) is 0 Å². The number of hydrogen-bond acceptors (Lipinski definition) is 3. The summed E-state index contributed by atoms with van der Waals surface area (Å²) in [6.07, 6.45) is -4.54. The first-order valence-electron chi connectivity index (χ1n) is 4.09. The van der Waals surface area contributed by atoms with Crippen molar-refractivity contribution in [1.82, 2.24) is 10.2 Å². The van der Waals surface area contributed by atoms with Crippen molar-refractivity contribution in [2.75, 3.05) is 0 Å². The zero-order chi connectivity index (χ0) is 11.9. The summed E-state index contributed by atoms with van der Waals surface area (Å²) in [6, 6.07) is 2.39. The van der Waals surface area contributed by atoms with E-state index in [-0.39, 0.29) is 15.9 Å². The van der Waals surface area contributed by atoms with Gasteiger partial charge in [0.1, 0.15) is 5.52 Å². The second-order valence-electron chi connectivity index (χ2n) is 3.04. The first-order valence-corrected chi connectivity index (χ1v) is 4.09. The van der Waals surface area contributed by atoms with E-state index >= 15 is 0 Å². The maximum Gasteiger partial charge on any atom is 0.416 e. The van der Waals surface area contributed by atoms with Gasteiger partial charge in [0.05, 0.1) is 10.9 Å². The van der Waals surface area contributed by atoms with Gasteiger partial charge < -0.3 is 5.21 Å². The van der Waals surface area contributed by atoms with Crippen LogP contribution in [0.1, 0.15) is 5.56 Å². The minimum Gasteiger partial charge on any atom is -0.571 e. The molecule has 0 aliphatic heterocycles. The molecule has 16 heavy (non-hydrogen) atoms. The summed E-state index contributed by atoms with van der Waals surface area (Å²) in [6.45, 7) is 0. The lowest BCUT2D eigenvalue weighted by Crippen LogP contribution is -2.41. The lowest BCUT2D eigenvalue weighted by atomic mass is 10.1. The van der Waals surface area contributed by atoms with E-state index < -0.39 is 17.3 Å². The van der Waals surface area contributed by atoms with Crippen LogP contribution in [0.5, 0.6) is 0 Å². The average Bonchev–Trinajstić information content (AvgIpc) is 2.15. The molecule has 1 heterocycles. The second kappa shape index (κ2) is 3.19. The molecule has 0 fully saturated rings. The Labute approximate surface area is 85.7 Å². The molecule has 0 radical (unpaired) electrons. The molecular weight excluding hydrogens is 227 g/mol. The summed E-state index contributed by atoms with van der Waals surface area (Å²) in [5.74, 6) is 0. The van der Waals surface area contributed by atoms with E-state index in [0.717, 1.165) is 12.1 Å². The average molecular weight is 231 g/mol. The first-order chi connectivity index (χ1) is 7.38. The topological polar surface area (TPSA) is 72.7 Å². The second-order valence-corrected chi connectivity index (χ2v) is 3.04. The molecule has 0 bridgehead atoms. The molecular formula is C8H4F3N3O2. The van der Waals surface area contributed by atoms with Crippen LogP contribution in [-0.2, 0) is 6.18 Å². The molecule has 0 saturated heterocycles. The molecule has 1 aromatic carbocycles. The first kappa shape index (κ1) is 10.4. The van der Waals surface area contributed by atoms with E-state index in [1.807, 2.05) is 0 Å². The van der Waals surface area contributed by atoms with Crippen molar-refractivity contribution in [3.63, 3.8) is 0 Å². The van der Waals surface area contributed by atoms with Gasteiger partial charge in [-0.25, -0.2) is 0 Å². The van der Waals surface area contributed by atoms with E-state index in [2.05, 4.69) is 5.10 Å². The Balaban J connectivity index is 2.77.